The predicted molar refractivity (Wildman–Crippen MR) is 167 cm³/mol. The lowest BCUT2D eigenvalue weighted by molar-refractivity contribution is -0.145. The number of carbonyl (C=O) groups is 4. The topological polar surface area (TPSA) is 202 Å². The minimum atomic E-state index is -1.60. The van der Waals surface area contributed by atoms with Crippen molar-refractivity contribution in [2.24, 2.45) is 11.7 Å². The highest BCUT2D eigenvalue weighted by Crippen LogP contribution is 2.21. The molecule has 6 atom stereocenters. The number of aliphatic hydroxyl groups is 1. The number of carboxylic acids is 1. The van der Waals surface area contributed by atoms with Crippen molar-refractivity contribution in [3.8, 4) is 0 Å². The molecule has 0 aliphatic carbocycles. The number of para-hydroxylation sites is 2. The number of hydrogen-bond donors (Lipinski definition) is 8. The van der Waals surface area contributed by atoms with Gasteiger partial charge in [-0.1, -0.05) is 56.7 Å². The van der Waals surface area contributed by atoms with E-state index in [0.717, 1.165) is 27.4 Å². The molecule has 0 saturated carbocycles. The number of nitrogens with two attached hydrogens (primary N) is 1. The van der Waals surface area contributed by atoms with Crippen LogP contribution in [0.2, 0.25) is 0 Å². The zero-order valence-corrected chi connectivity index (χ0v) is 25.0. The molecule has 9 N–H and O–H groups in total. The molecule has 2 heterocycles. The second-order valence-corrected chi connectivity index (χ2v) is 11.2. The van der Waals surface area contributed by atoms with E-state index in [4.69, 9.17) is 5.73 Å². The summed E-state index contributed by atoms with van der Waals surface area (Å²) in [4.78, 5) is 58.7. The van der Waals surface area contributed by atoms with Crippen molar-refractivity contribution in [3.63, 3.8) is 0 Å². The molecule has 0 aliphatic rings. The molecule has 4 aromatic rings. The number of aromatic nitrogens is 2. The van der Waals surface area contributed by atoms with Crippen molar-refractivity contribution in [3.05, 3.63) is 72.1 Å². The number of benzene rings is 2. The summed E-state index contributed by atoms with van der Waals surface area (Å²) in [6.45, 7) is 5.01. The summed E-state index contributed by atoms with van der Waals surface area (Å²) >= 11 is 0. The zero-order valence-electron chi connectivity index (χ0n) is 25.0. The van der Waals surface area contributed by atoms with Gasteiger partial charge in [0.15, 0.2) is 6.04 Å². The summed E-state index contributed by atoms with van der Waals surface area (Å²) < 4.78 is 0. The fourth-order valence-electron chi connectivity index (χ4n) is 5.15. The number of aromatic amines is 2. The molecule has 0 spiro atoms. The molecule has 0 fully saturated rings. The number of H-pyrrole nitrogens is 2. The van der Waals surface area contributed by atoms with Gasteiger partial charge in [0, 0.05) is 47.0 Å². The van der Waals surface area contributed by atoms with Crippen LogP contribution in [-0.4, -0.2) is 74.1 Å². The van der Waals surface area contributed by atoms with Crippen molar-refractivity contribution in [1.29, 1.82) is 0 Å². The van der Waals surface area contributed by atoms with Crippen LogP contribution in [0, 0.1) is 5.92 Å². The quantitative estimate of drug-likeness (QED) is 0.107. The molecule has 6 unspecified atom stereocenters. The van der Waals surface area contributed by atoms with Crippen LogP contribution in [0.1, 0.15) is 38.3 Å². The summed E-state index contributed by atoms with van der Waals surface area (Å²) in [5.41, 5.74) is 9.36. The minimum absolute atomic E-state index is 0.00781. The molecule has 2 aromatic heterocycles. The molecule has 0 aliphatic heterocycles. The van der Waals surface area contributed by atoms with Crippen molar-refractivity contribution in [2.45, 2.75) is 70.3 Å². The summed E-state index contributed by atoms with van der Waals surface area (Å²) in [6.07, 6.45) is 2.86. The highest BCUT2D eigenvalue weighted by molar-refractivity contribution is 5.95. The van der Waals surface area contributed by atoms with Gasteiger partial charge in [-0.05, 0) is 36.1 Å². The highest BCUT2D eigenvalue weighted by atomic mass is 16.4. The minimum Gasteiger partial charge on any atom is -0.480 e. The average Bonchev–Trinajstić information content (AvgIpc) is 3.61. The van der Waals surface area contributed by atoms with Crippen molar-refractivity contribution in [2.75, 3.05) is 0 Å². The van der Waals surface area contributed by atoms with E-state index in [1.165, 1.54) is 6.92 Å². The molecule has 12 nitrogen and oxygen atoms in total. The van der Waals surface area contributed by atoms with E-state index in [2.05, 4.69) is 25.9 Å². The summed E-state index contributed by atoms with van der Waals surface area (Å²) in [7, 11) is 0. The lowest BCUT2D eigenvalue weighted by atomic mass is 9.97. The third-order valence-corrected chi connectivity index (χ3v) is 8.07. The maximum atomic E-state index is 13.9. The van der Waals surface area contributed by atoms with Gasteiger partial charge >= 0.3 is 5.97 Å². The number of carboxylic acid groups (broad SMARTS) is 1. The molecule has 4 rings (SSSR count). The third-order valence-electron chi connectivity index (χ3n) is 8.07. The van der Waals surface area contributed by atoms with Gasteiger partial charge in [0.1, 0.15) is 12.1 Å². The first-order valence-electron chi connectivity index (χ1n) is 14.7. The van der Waals surface area contributed by atoms with Gasteiger partial charge in [0.2, 0.25) is 17.7 Å². The van der Waals surface area contributed by atoms with E-state index >= 15 is 0 Å². The molecule has 44 heavy (non-hydrogen) atoms. The fourth-order valence-corrected chi connectivity index (χ4v) is 5.15. The summed E-state index contributed by atoms with van der Waals surface area (Å²) in [5, 5.41) is 29.1. The molecule has 2 aromatic carbocycles. The van der Waals surface area contributed by atoms with Crippen LogP contribution in [0.5, 0.6) is 0 Å². The molecular weight excluding hydrogens is 564 g/mol. The first kappa shape index (κ1) is 32.2. The van der Waals surface area contributed by atoms with Crippen LogP contribution in [0.15, 0.2) is 60.9 Å². The summed E-state index contributed by atoms with van der Waals surface area (Å²) in [5.74, 6) is -3.51. The van der Waals surface area contributed by atoms with Gasteiger partial charge in [-0.3, -0.25) is 14.4 Å². The Morgan fingerprint density at radius 2 is 1.23 bits per heavy atom. The van der Waals surface area contributed by atoms with E-state index in [1.54, 1.807) is 12.4 Å². The van der Waals surface area contributed by atoms with Gasteiger partial charge in [-0.15, -0.1) is 0 Å². The van der Waals surface area contributed by atoms with Crippen LogP contribution in [0.4, 0.5) is 0 Å². The van der Waals surface area contributed by atoms with Crippen molar-refractivity contribution < 1.29 is 29.4 Å². The van der Waals surface area contributed by atoms with Gasteiger partial charge in [0.05, 0.1) is 12.1 Å². The molecule has 0 bridgehead atoms. The van der Waals surface area contributed by atoms with E-state index in [-0.39, 0.29) is 18.8 Å². The van der Waals surface area contributed by atoms with Crippen LogP contribution < -0.4 is 21.7 Å². The smallest absolute Gasteiger partial charge is 0.328 e. The molecule has 3 amide bonds. The lowest BCUT2D eigenvalue weighted by Crippen LogP contribution is -2.59. The first-order chi connectivity index (χ1) is 21.0. The summed E-state index contributed by atoms with van der Waals surface area (Å²) in [6, 6.07) is 10.2. The fraction of sp³-hybridized carbons (Fsp3) is 0.375. The van der Waals surface area contributed by atoms with Gasteiger partial charge in [-0.2, -0.15) is 0 Å². The first-order valence-corrected chi connectivity index (χ1v) is 14.7. The lowest BCUT2D eigenvalue weighted by Gasteiger charge is -2.26. The van der Waals surface area contributed by atoms with Gasteiger partial charge in [-0.25, -0.2) is 4.79 Å². The standard InChI is InChI=1S/C32H40N6O6/c1-4-17(2)27(33)31(42)37-25(13-19-15-34-23-11-7-5-9-21(19)23)29(40)36-26(30(41)38-28(18(3)39)32(43)44)14-20-16-35-24-12-8-6-10-22(20)24/h5-12,15-18,25-28,34-35,39H,4,13-14,33H2,1-3H3,(H,36,40)(H,37,42)(H,38,41)(H,43,44). The number of fused-ring (bicyclic) bond motifs is 2. The molecule has 0 radical (unpaired) electrons. The van der Waals surface area contributed by atoms with Gasteiger partial charge in [0.25, 0.3) is 0 Å². The molecule has 12 heteroatoms. The van der Waals surface area contributed by atoms with E-state index in [1.807, 2.05) is 62.4 Å². The van der Waals surface area contributed by atoms with Crippen molar-refractivity contribution in [1.82, 2.24) is 25.9 Å². The Hall–Kier alpha value is -4.68. The number of rotatable bonds is 14. The number of amides is 3. The van der Waals surface area contributed by atoms with Crippen LogP contribution in [-0.2, 0) is 32.0 Å². The van der Waals surface area contributed by atoms with E-state index < -0.39 is 54.0 Å². The van der Waals surface area contributed by atoms with Crippen LogP contribution >= 0.6 is 0 Å². The second kappa shape index (κ2) is 14.2. The molecule has 0 saturated heterocycles. The largest absolute Gasteiger partial charge is 0.480 e. The Labute approximate surface area is 254 Å². The average molecular weight is 605 g/mol. The number of carbonyl (C=O) groups excluding carboxylic acids is 3. The number of aliphatic carboxylic acids is 1. The second-order valence-electron chi connectivity index (χ2n) is 11.2. The molecular formula is C32H40N6O6. The van der Waals surface area contributed by atoms with E-state index in [9.17, 15) is 29.4 Å². The Bertz CT molecular complexity index is 1630. The number of hydrogen-bond acceptors (Lipinski definition) is 6. The Morgan fingerprint density at radius 1 is 0.773 bits per heavy atom. The Balaban J connectivity index is 1.65. The van der Waals surface area contributed by atoms with Crippen molar-refractivity contribution >= 4 is 45.5 Å². The predicted octanol–water partition coefficient (Wildman–Crippen LogP) is 1.73. The number of aliphatic hydroxyl groups excluding tert-OH is 1. The number of nitrogens with one attached hydrogen (secondary N) is 5. The zero-order chi connectivity index (χ0) is 32.0. The van der Waals surface area contributed by atoms with Crippen LogP contribution in [0.3, 0.4) is 0 Å². The van der Waals surface area contributed by atoms with Crippen LogP contribution in [0.25, 0.3) is 21.8 Å². The van der Waals surface area contributed by atoms with Gasteiger partial charge < -0.3 is 41.9 Å². The normalized spacial score (nSPS) is 15.6. The Morgan fingerprint density at radius 3 is 1.68 bits per heavy atom. The highest BCUT2D eigenvalue weighted by Gasteiger charge is 2.33. The molecule has 234 valence electrons. The van der Waals surface area contributed by atoms with E-state index in [0.29, 0.717) is 12.0 Å². The monoisotopic (exact) mass is 604 g/mol. The third kappa shape index (κ3) is 7.44. The maximum absolute atomic E-state index is 13.9. The SMILES string of the molecule is CCC(C)C(N)C(=O)NC(Cc1c[nH]c2ccccc12)C(=O)NC(Cc1c[nH]c2ccccc12)C(=O)NC(C(=O)O)C(C)O. The Kier molecular flexibility index (Phi) is 10.4. The maximum Gasteiger partial charge on any atom is 0.328 e.